The maximum Gasteiger partial charge on any atom is 0.306 e. The van der Waals surface area contributed by atoms with Crippen LogP contribution in [0.3, 0.4) is 0 Å². The van der Waals surface area contributed by atoms with Crippen molar-refractivity contribution in [2.45, 2.75) is 64.9 Å². The van der Waals surface area contributed by atoms with Gasteiger partial charge in [0.2, 0.25) is 0 Å². The van der Waals surface area contributed by atoms with Crippen LogP contribution in [0.25, 0.3) is 0 Å². The Morgan fingerprint density at radius 1 is 1.13 bits per heavy atom. The molecule has 1 N–H and O–H groups in total. The predicted molar refractivity (Wildman–Crippen MR) is 90.2 cm³/mol. The molecule has 0 spiro atoms. The smallest absolute Gasteiger partial charge is 0.306 e. The zero-order chi connectivity index (χ0) is 17.1. The van der Waals surface area contributed by atoms with E-state index in [1.807, 2.05) is 30.3 Å². The van der Waals surface area contributed by atoms with Crippen LogP contribution in [-0.4, -0.2) is 23.1 Å². The summed E-state index contributed by atoms with van der Waals surface area (Å²) in [4.78, 5) is 22.6. The number of hydrogen-bond donors (Lipinski definition) is 1. The van der Waals surface area contributed by atoms with E-state index in [9.17, 15) is 9.59 Å². The first kappa shape index (κ1) is 19.2. The molecule has 0 saturated heterocycles. The van der Waals surface area contributed by atoms with E-state index >= 15 is 0 Å². The molecule has 0 aromatic heterocycles. The topological polar surface area (TPSA) is 63.6 Å². The van der Waals surface area contributed by atoms with E-state index in [0.717, 1.165) is 31.2 Å². The molecule has 0 bridgehead atoms. The summed E-state index contributed by atoms with van der Waals surface area (Å²) in [6.45, 7) is 4.27. The lowest BCUT2D eigenvalue weighted by Gasteiger charge is -2.26. The molecule has 0 radical (unpaired) electrons. The van der Waals surface area contributed by atoms with Gasteiger partial charge in [0.25, 0.3) is 0 Å². The molecule has 23 heavy (non-hydrogen) atoms. The van der Waals surface area contributed by atoms with Gasteiger partial charge in [-0.1, -0.05) is 57.0 Å². The first-order chi connectivity index (χ1) is 11.1. The number of esters is 1. The molecule has 0 saturated carbocycles. The molecular formula is C19H28O4. The van der Waals surface area contributed by atoms with Gasteiger partial charge in [0.15, 0.2) is 0 Å². The summed E-state index contributed by atoms with van der Waals surface area (Å²) in [7, 11) is 0. The van der Waals surface area contributed by atoms with Gasteiger partial charge in [0.05, 0.1) is 12.8 Å². The number of ether oxygens (including phenoxy) is 1. The van der Waals surface area contributed by atoms with Crippen molar-refractivity contribution in [1.29, 1.82) is 0 Å². The van der Waals surface area contributed by atoms with Crippen LogP contribution in [0.5, 0.6) is 0 Å². The van der Waals surface area contributed by atoms with E-state index in [0.29, 0.717) is 12.3 Å². The highest BCUT2D eigenvalue weighted by molar-refractivity contribution is 5.76. The van der Waals surface area contributed by atoms with E-state index in [-0.39, 0.29) is 18.9 Å². The minimum atomic E-state index is -0.973. The fourth-order valence-electron chi connectivity index (χ4n) is 2.71. The molecule has 0 aliphatic rings. The lowest BCUT2D eigenvalue weighted by atomic mass is 9.89. The third-order valence-electron chi connectivity index (χ3n) is 4.08. The number of carbonyl (C=O) groups is 2. The molecule has 1 aromatic carbocycles. The van der Waals surface area contributed by atoms with Crippen LogP contribution in [0.15, 0.2) is 30.3 Å². The highest BCUT2D eigenvalue weighted by Crippen LogP contribution is 2.23. The summed E-state index contributed by atoms with van der Waals surface area (Å²) in [5.41, 5.74) is 1.14. The van der Waals surface area contributed by atoms with E-state index in [1.54, 1.807) is 0 Å². The average Bonchev–Trinajstić information content (AvgIpc) is 2.54. The standard InChI is InChI=1S/C19H28O4/c1-3-5-11-16(4-2)17(14-15-9-7-6-8-10-15)23-19(22)13-12-18(20)21/h6-10,16-17H,3-5,11-14H2,1-2H3,(H,20,21). The first-order valence-corrected chi connectivity index (χ1v) is 8.52. The molecule has 0 amide bonds. The van der Waals surface area contributed by atoms with Crippen LogP contribution in [0.2, 0.25) is 0 Å². The molecule has 0 aliphatic heterocycles. The van der Waals surface area contributed by atoms with Crippen molar-refractivity contribution in [3.63, 3.8) is 0 Å². The molecular weight excluding hydrogens is 292 g/mol. The van der Waals surface area contributed by atoms with Gasteiger partial charge < -0.3 is 9.84 Å². The highest BCUT2D eigenvalue weighted by atomic mass is 16.5. The minimum absolute atomic E-state index is 0.0646. The van der Waals surface area contributed by atoms with Crippen LogP contribution in [0.1, 0.15) is 57.9 Å². The Bertz CT molecular complexity index is 470. The van der Waals surface area contributed by atoms with Crippen molar-refractivity contribution < 1.29 is 19.4 Å². The Kier molecular flexibility index (Phi) is 9.03. The lowest BCUT2D eigenvalue weighted by Crippen LogP contribution is -2.29. The van der Waals surface area contributed by atoms with Crippen molar-refractivity contribution in [3.8, 4) is 0 Å². The Morgan fingerprint density at radius 2 is 1.83 bits per heavy atom. The third-order valence-corrected chi connectivity index (χ3v) is 4.08. The molecule has 0 fully saturated rings. The molecule has 2 unspecified atom stereocenters. The molecule has 2 atom stereocenters. The van der Waals surface area contributed by atoms with Gasteiger partial charge in [-0.2, -0.15) is 0 Å². The summed E-state index contributed by atoms with van der Waals surface area (Å²) in [6, 6.07) is 9.98. The summed E-state index contributed by atoms with van der Waals surface area (Å²) in [5.74, 6) is -1.08. The summed E-state index contributed by atoms with van der Waals surface area (Å²) in [6.07, 6.45) is 4.45. The van der Waals surface area contributed by atoms with Gasteiger partial charge in [-0.3, -0.25) is 9.59 Å². The van der Waals surface area contributed by atoms with Crippen molar-refractivity contribution in [3.05, 3.63) is 35.9 Å². The average molecular weight is 320 g/mol. The van der Waals surface area contributed by atoms with E-state index < -0.39 is 11.9 Å². The normalized spacial score (nSPS) is 13.3. The molecule has 1 aromatic rings. The second kappa shape index (κ2) is 10.8. The zero-order valence-electron chi connectivity index (χ0n) is 14.2. The number of carboxylic acids is 1. The van der Waals surface area contributed by atoms with Crippen molar-refractivity contribution in [1.82, 2.24) is 0 Å². The first-order valence-electron chi connectivity index (χ1n) is 8.52. The Morgan fingerprint density at radius 3 is 2.39 bits per heavy atom. The van der Waals surface area contributed by atoms with Crippen LogP contribution in [0, 0.1) is 5.92 Å². The van der Waals surface area contributed by atoms with E-state index in [2.05, 4.69) is 13.8 Å². The van der Waals surface area contributed by atoms with Gasteiger partial charge >= 0.3 is 11.9 Å². The minimum Gasteiger partial charge on any atom is -0.481 e. The van der Waals surface area contributed by atoms with E-state index in [1.165, 1.54) is 0 Å². The molecule has 4 nitrogen and oxygen atoms in total. The van der Waals surface area contributed by atoms with Crippen molar-refractivity contribution in [2.75, 3.05) is 0 Å². The molecule has 0 aliphatic carbocycles. The summed E-state index contributed by atoms with van der Waals surface area (Å²) in [5, 5.41) is 8.70. The summed E-state index contributed by atoms with van der Waals surface area (Å²) >= 11 is 0. The zero-order valence-corrected chi connectivity index (χ0v) is 14.2. The molecule has 1 rings (SSSR count). The SMILES string of the molecule is CCCCC(CC)C(Cc1ccccc1)OC(=O)CCC(=O)O. The maximum absolute atomic E-state index is 12.0. The Balaban J connectivity index is 2.73. The van der Waals surface area contributed by atoms with Crippen LogP contribution < -0.4 is 0 Å². The molecule has 0 heterocycles. The molecule has 4 heteroatoms. The Hall–Kier alpha value is -1.84. The number of rotatable bonds is 11. The van der Waals surface area contributed by atoms with Gasteiger partial charge in [0.1, 0.15) is 6.10 Å². The number of unbranched alkanes of at least 4 members (excludes halogenated alkanes) is 1. The van der Waals surface area contributed by atoms with Crippen LogP contribution in [0.4, 0.5) is 0 Å². The van der Waals surface area contributed by atoms with Gasteiger partial charge in [-0.15, -0.1) is 0 Å². The summed E-state index contributed by atoms with van der Waals surface area (Å²) < 4.78 is 5.65. The number of hydrogen-bond acceptors (Lipinski definition) is 3. The fourth-order valence-corrected chi connectivity index (χ4v) is 2.71. The lowest BCUT2D eigenvalue weighted by molar-refractivity contribution is -0.154. The fraction of sp³-hybridized carbons (Fsp3) is 0.579. The van der Waals surface area contributed by atoms with Gasteiger partial charge in [0, 0.05) is 6.42 Å². The van der Waals surface area contributed by atoms with Crippen LogP contribution in [-0.2, 0) is 20.7 Å². The molecule has 128 valence electrons. The second-order valence-corrected chi connectivity index (χ2v) is 5.92. The van der Waals surface area contributed by atoms with E-state index in [4.69, 9.17) is 9.84 Å². The third kappa shape index (κ3) is 7.82. The predicted octanol–water partition coefficient (Wildman–Crippen LogP) is 4.22. The number of carboxylic acid groups (broad SMARTS) is 1. The maximum atomic E-state index is 12.0. The highest BCUT2D eigenvalue weighted by Gasteiger charge is 2.24. The van der Waals surface area contributed by atoms with Crippen LogP contribution >= 0.6 is 0 Å². The number of carbonyl (C=O) groups excluding carboxylic acids is 1. The van der Waals surface area contributed by atoms with Crippen molar-refractivity contribution in [2.24, 2.45) is 5.92 Å². The Labute approximate surface area is 138 Å². The quantitative estimate of drug-likeness (QED) is 0.620. The largest absolute Gasteiger partial charge is 0.481 e. The number of aliphatic carboxylic acids is 1. The monoisotopic (exact) mass is 320 g/mol. The number of benzene rings is 1. The van der Waals surface area contributed by atoms with Crippen molar-refractivity contribution >= 4 is 11.9 Å². The second-order valence-electron chi connectivity index (χ2n) is 5.92. The van der Waals surface area contributed by atoms with Gasteiger partial charge in [-0.05, 0) is 24.3 Å². The van der Waals surface area contributed by atoms with Gasteiger partial charge in [-0.25, -0.2) is 0 Å².